The molecule has 6 nitrogen and oxygen atoms in total. The van der Waals surface area contributed by atoms with E-state index in [0.717, 1.165) is 13.0 Å². The molecule has 6 heteroatoms. The fourth-order valence-corrected chi connectivity index (χ4v) is 1.89. The first-order valence-electron chi connectivity index (χ1n) is 6.08. The third-order valence-corrected chi connectivity index (χ3v) is 3.06. The van der Waals surface area contributed by atoms with Crippen LogP contribution in [-0.4, -0.2) is 49.1 Å². The third-order valence-electron chi connectivity index (χ3n) is 3.06. The number of nitrogens with one attached hydrogen (secondary N) is 2. The van der Waals surface area contributed by atoms with Gasteiger partial charge in [0.2, 0.25) is 5.91 Å². The van der Waals surface area contributed by atoms with E-state index in [1.54, 1.807) is 6.92 Å². The second kappa shape index (κ2) is 6.56. The first-order chi connectivity index (χ1) is 8.02. The minimum Gasteiger partial charge on any atom is -0.338 e. The van der Waals surface area contributed by atoms with Crippen molar-refractivity contribution in [2.75, 3.05) is 26.2 Å². The van der Waals surface area contributed by atoms with Crippen LogP contribution in [0.15, 0.2) is 0 Å². The Balaban J connectivity index is 2.29. The van der Waals surface area contributed by atoms with Crippen molar-refractivity contribution < 1.29 is 9.59 Å². The topological polar surface area (TPSA) is 87.5 Å². The molecule has 4 N–H and O–H groups in total. The van der Waals surface area contributed by atoms with Gasteiger partial charge in [0.25, 0.3) is 0 Å². The summed E-state index contributed by atoms with van der Waals surface area (Å²) < 4.78 is 0. The second-order valence-corrected chi connectivity index (χ2v) is 4.57. The number of carbonyl (C=O) groups is 2. The lowest BCUT2D eigenvalue weighted by Crippen LogP contribution is -2.51. The molecule has 0 spiro atoms. The molecule has 0 aromatic heterocycles. The minimum absolute atomic E-state index is 0.112. The van der Waals surface area contributed by atoms with Gasteiger partial charge in [-0.1, -0.05) is 6.92 Å². The zero-order valence-electron chi connectivity index (χ0n) is 10.5. The third kappa shape index (κ3) is 4.70. The maximum atomic E-state index is 11.5. The molecule has 1 fully saturated rings. The molecule has 1 saturated heterocycles. The number of hydrogen-bond acceptors (Lipinski definition) is 4. The number of nitrogens with two attached hydrogens (primary N) is 1. The smallest absolute Gasteiger partial charge is 0.321 e. The number of rotatable bonds is 3. The highest BCUT2D eigenvalue weighted by molar-refractivity contribution is 5.95. The van der Waals surface area contributed by atoms with Gasteiger partial charge < -0.3 is 11.1 Å². The summed E-state index contributed by atoms with van der Waals surface area (Å²) in [5.74, 6) is 0.218. The van der Waals surface area contributed by atoms with E-state index in [-0.39, 0.29) is 18.5 Å². The Labute approximate surface area is 102 Å². The molecule has 0 bridgehead atoms. The van der Waals surface area contributed by atoms with Gasteiger partial charge in [0.05, 0.1) is 6.54 Å². The maximum Gasteiger partial charge on any atom is 0.321 e. The highest BCUT2D eigenvalue weighted by Gasteiger charge is 2.24. The van der Waals surface area contributed by atoms with Crippen molar-refractivity contribution in [1.29, 1.82) is 0 Å². The van der Waals surface area contributed by atoms with Gasteiger partial charge in [-0.25, -0.2) is 4.79 Å². The van der Waals surface area contributed by atoms with E-state index in [4.69, 9.17) is 5.73 Å². The maximum absolute atomic E-state index is 11.5. The van der Waals surface area contributed by atoms with E-state index in [2.05, 4.69) is 17.6 Å². The van der Waals surface area contributed by atoms with Gasteiger partial charge in [-0.3, -0.25) is 15.0 Å². The lowest BCUT2D eigenvalue weighted by Gasteiger charge is -2.34. The summed E-state index contributed by atoms with van der Waals surface area (Å²) in [4.78, 5) is 24.6. The summed E-state index contributed by atoms with van der Waals surface area (Å²) in [5, 5.41) is 4.80. The number of urea groups is 1. The zero-order valence-corrected chi connectivity index (χ0v) is 10.5. The number of carbonyl (C=O) groups excluding carboxylic acids is 2. The molecule has 2 atom stereocenters. The molecule has 0 saturated carbocycles. The summed E-state index contributed by atoms with van der Waals surface area (Å²) >= 11 is 0. The molecule has 0 aliphatic carbocycles. The second-order valence-electron chi connectivity index (χ2n) is 4.57. The molecule has 2 unspecified atom stereocenters. The average molecular weight is 242 g/mol. The van der Waals surface area contributed by atoms with Crippen LogP contribution in [0.2, 0.25) is 0 Å². The first kappa shape index (κ1) is 13.9. The van der Waals surface area contributed by atoms with Crippen LogP contribution in [-0.2, 0) is 4.79 Å². The number of likely N-dealkylation sites (tertiary alicyclic amines) is 1. The van der Waals surface area contributed by atoms with Crippen LogP contribution in [0.3, 0.4) is 0 Å². The van der Waals surface area contributed by atoms with E-state index >= 15 is 0 Å². The van der Waals surface area contributed by atoms with Crippen molar-refractivity contribution in [3.8, 4) is 0 Å². The number of piperidine rings is 1. The van der Waals surface area contributed by atoms with Gasteiger partial charge >= 0.3 is 6.03 Å². The van der Waals surface area contributed by atoms with Crippen molar-refractivity contribution in [1.82, 2.24) is 15.5 Å². The molecule has 98 valence electrons. The monoisotopic (exact) mass is 242 g/mol. The van der Waals surface area contributed by atoms with Gasteiger partial charge in [0.15, 0.2) is 0 Å². The van der Waals surface area contributed by atoms with E-state index in [1.807, 2.05) is 4.90 Å². The number of amides is 3. The Bertz CT molecular complexity index is 283. The molecule has 1 rings (SSSR count). The van der Waals surface area contributed by atoms with Crippen LogP contribution in [0.5, 0.6) is 0 Å². The lowest BCUT2D eigenvalue weighted by molar-refractivity contribution is -0.121. The summed E-state index contributed by atoms with van der Waals surface area (Å²) in [6.45, 7) is 6.23. The fraction of sp³-hybridized carbons (Fsp3) is 0.818. The molecule has 17 heavy (non-hydrogen) atoms. The largest absolute Gasteiger partial charge is 0.338 e. The van der Waals surface area contributed by atoms with Crippen molar-refractivity contribution in [2.24, 2.45) is 11.7 Å². The zero-order chi connectivity index (χ0) is 12.8. The average Bonchev–Trinajstić information content (AvgIpc) is 2.23. The van der Waals surface area contributed by atoms with Crippen molar-refractivity contribution >= 4 is 11.9 Å². The van der Waals surface area contributed by atoms with Crippen LogP contribution in [0.1, 0.15) is 20.3 Å². The molecule has 1 heterocycles. The van der Waals surface area contributed by atoms with E-state index in [0.29, 0.717) is 19.0 Å². The molecule has 0 aromatic carbocycles. The highest BCUT2D eigenvalue weighted by Crippen LogP contribution is 2.14. The number of imide groups is 1. The predicted octanol–water partition coefficient (Wildman–Crippen LogP) is -0.499. The lowest BCUT2D eigenvalue weighted by atomic mass is 9.94. The standard InChI is InChI=1S/C11H22N4O2/c1-3-13-11(17)14-10(16)7-15-5-4-8(2)9(12)6-15/h8-9H,3-7,12H2,1-2H3,(H2,13,14,16,17). The summed E-state index contributed by atoms with van der Waals surface area (Å²) in [6, 6.07) is -0.326. The summed E-state index contributed by atoms with van der Waals surface area (Å²) in [6.07, 6.45) is 0.996. The van der Waals surface area contributed by atoms with E-state index < -0.39 is 6.03 Å². The van der Waals surface area contributed by atoms with Crippen molar-refractivity contribution in [3.63, 3.8) is 0 Å². The van der Waals surface area contributed by atoms with Gasteiger partial charge in [0.1, 0.15) is 0 Å². The Morgan fingerprint density at radius 2 is 2.18 bits per heavy atom. The fourth-order valence-electron chi connectivity index (χ4n) is 1.89. The Morgan fingerprint density at radius 3 is 2.76 bits per heavy atom. The number of hydrogen-bond donors (Lipinski definition) is 3. The number of nitrogens with zero attached hydrogens (tertiary/aromatic N) is 1. The molecular weight excluding hydrogens is 220 g/mol. The quantitative estimate of drug-likeness (QED) is 0.622. The molecular formula is C11H22N4O2. The SMILES string of the molecule is CCNC(=O)NC(=O)CN1CCC(C)C(N)C1. The van der Waals surface area contributed by atoms with Crippen LogP contribution in [0, 0.1) is 5.92 Å². The minimum atomic E-state index is -0.438. The van der Waals surface area contributed by atoms with Crippen molar-refractivity contribution in [3.05, 3.63) is 0 Å². The molecule has 0 radical (unpaired) electrons. The van der Waals surface area contributed by atoms with Gasteiger partial charge in [-0.2, -0.15) is 0 Å². The van der Waals surface area contributed by atoms with E-state index in [1.165, 1.54) is 0 Å². The van der Waals surface area contributed by atoms with E-state index in [9.17, 15) is 9.59 Å². The molecule has 0 aromatic rings. The van der Waals surface area contributed by atoms with Gasteiger partial charge in [-0.05, 0) is 25.8 Å². The summed E-state index contributed by atoms with van der Waals surface area (Å²) in [5.41, 5.74) is 5.94. The summed E-state index contributed by atoms with van der Waals surface area (Å²) in [7, 11) is 0. The Kier molecular flexibility index (Phi) is 5.37. The molecule has 3 amide bonds. The van der Waals surface area contributed by atoms with Gasteiger partial charge in [0, 0.05) is 19.1 Å². The Hall–Kier alpha value is -1.14. The normalized spacial score (nSPS) is 25.4. The van der Waals surface area contributed by atoms with Crippen LogP contribution in [0.4, 0.5) is 4.79 Å². The molecule has 1 aliphatic heterocycles. The van der Waals surface area contributed by atoms with Crippen LogP contribution >= 0.6 is 0 Å². The highest BCUT2D eigenvalue weighted by atomic mass is 16.2. The first-order valence-corrected chi connectivity index (χ1v) is 6.08. The van der Waals surface area contributed by atoms with Crippen LogP contribution < -0.4 is 16.4 Å². The predicted molar refractivity (Wildman–Crippen MR) is 65.4 cm³/mol. The van der Waals surface area contributed by atoms with Crippen LogP contribution in [0.25, 0.3) is 0 Å². The molecule has 1 aliphatic rings. The van der Waals surface area contributed by atoms with Gasteiger partial charge in [-0.15, -0.1) is 0 Å². The van der Waals surface area contributed by atoms with Crippen molar-refractivity contribution in [2.45, 2.75) is 26.3 Å². The Morgan fingerprint density at radius 1 is 1.47 bits per heavy atom.